The zero-order valence-electron chi connectivity index (χ0n) is 8.79. The SMILES string of the molecule is CCC(C)CC(=O)OC(=O)C(C)C. The van der Waals surface area contributed by atoms with Crippen LogP contribution < -0.4 is 0 Å². The summed E-state index contributed by atoms with van der Waals surface area (Å²) in [6, 6.07) is 0. The molecule has 1 atom stereocenters. The van der Waals surface area contributed by atoms with Crippen LogP contribution in [-0.4, -0.2) is 11.9 Å². The van der Waals surface area contributed by atoms with Crippen LogP contribution in [0.15, 0.2) is 0 Å². The van der Waals surface area contributed by atoms with E-state index in [9.17, 15) is 9.59 Å². The minimum atomic E-state index is -0.437. The Morgan fingerprint density at radius 1 is 1.23 bits per heavy atom. The van der Waals surface area contributed by atoms with E-state index in [1.165, 1.54) is 0 Å². The zero-order valence-corrected chi connectivity index (χ0v) is 8.79. The Kier molecular flexibility index (Phi) is 5.35. The van der Waals surface area contributed by atoms with Crippen molar-refractivity contribution < 1.29 is 14.3 Å². The highest BCUT2D eigenvalue weighted by molar-refractivity contribution is 5.86. The third-order valence-corrected chi connectivity index (χ3v) is 1.90. The van der Waals surface area contributed by atoms with Crippen LogP contribution in [0.4, 0.5) is 0 Å². The Labute approximate surface area is 79.5 Å². The fourth-order valence-electron chi connectivity index (χ4n) is 0.701. The molecule has 0 N–H and O–H groups in total. The fourth-order valence-corrected chi connectivity index (χ4v) is 0.701. The maximum atomic E-state index is 11.1. The topological polar surface area (TPSA) is 43.4 Å². The van der Waals surface area contributed by atoms with Crippen molar-refractivity contribution in [3.8, 4) is 0 Å². The molecule has 0 rings (SSSR count). The van der Waals surface area contributed by atoms with Gasteiger partial charge in [0.2, 0.25) is 0 Å². The summed E-state index contributed by atoms with van der Waals surface area (Å²) in [5.41, 5.74) is 0. The van der Waals surface area contributed by atoms with Crippen LogP contribution >= 0.6 is 0 Å². The second-order valence-electron chi connectivity index (χ2n) is 3.67. The highest BCUT2D eigenvalue weighted by Gasteiger charge is 2.15. The summed E-state index contributed by atoms with van der Waals surface area (Å²) in [6.45, 7) is 7.38. The Morgan fingerprint density at radius 3 is 2.15 bits per heavy atom. The van der Waals surface area contributed by atoms with Crippen LogP contribution in [0.5, 0.6) is 0 Å². The lowest BCUT2D eigenvalue weighted by molar-refractivity contribution is -0.162. The van der Waals surface area contributed by atoms with Crippen molar-refractivity contribution >= 4 is 11.9 Å². The standard InChI is InChI=1S/C10H18O3/c1-5-8(4)6-9(11)13-10(12)7(2)3/h7-8H,5-6H2,1-4H3. The van der Waals surface area contributed by atoms with Crippen molar-refractivity contribution in [3.05, 3.63) is 0 Å². The largest absolute Gasteiger partial charge is 0.393 e. The maximum Gasteiger partial charge on any atom is 0.316 e. The van der Waals surface area contributed by atoms with E-state index in [0.717, 1.165) is 6.42 Å². The van der Waals surface area contributed by atoms with E-state index in [1.54, 1.807) is 13.8 Å². The van der Waals surface area contributed by atoms with E-state index in [-0.39, 0.29) is 11.8 Å². The van der Waals surface area contributed by atoms with Gasteiger partial charge in [0, 0.05) is 6.42 Å². The Balaban J connectivity index is 3.81. The van der Waals surface area contributed by atoms with E-state index in [4.69, 9.17) is 0 Å². The van der Waals surface area contributed by atoms with Crippen LogP contribution in [0.3, 0.4) is 0 Å². The maximum absolute atomic E-state index is 11.1. The number of hydrogen-bond acceptors (Lipinski definition) is 3. The molecular formula is C10H18O3. The van der Waals surface area contributed by atoms with E-state index in [2.05, 4.69) is 4.74 Å². The van der Waals surface area contributed by atoms with Gasteiger partial charge in [0.25, 0.3) is 0 Å². The molecule has 0 saturated heterocycles. The molecule has 0 aliphatic rings. The molecule has 0 aliphatic carbocycles. The van der Waals surface area contributed by atoms with Gasteiger partial charge in [-0.15, -0.1) is 0 Å². The normalized spacial score (nSPS) is 12.7. The van der Waals surface area contributed by atoms with E-state index in [1.807, 2.05) is 13.8 Å². The molecule has 0 radical (unpaired) electrons. The summed E-state index contributed by atoms with van der Waals surface area (Å²) in [5.74, 6) is -0.797. The second kappa shape index (κ2) is 5.73. The van der Waals surface area contributed by atoms with Crippen molar-refractivity contribution in [2.75, 3.05) is 0 Å². The number of esters is 2. The lowest BCUT2D eigenvalue weighted by atomic mass is 10.1. The highest BCUT2D eigenvalue weighted by Crippen LogP contribution is 2.08. The lowest BCUT2D eigenvalue weighted by Gasteiger charge is -2.08. The third kappa shape index (κ3) is 5.39. The average Bonchev–Trinajstić information content (AvgIpc) is 2.03. The summed E-state index contributed by atoms with van der Waals surface area (Å²) in [7, 11) is 0. The fraction of sp³-hybridized carbons (Fsp3) is 0.800. The molecule has 0 fully saturated rings. The molecule has 0 aromatic rings. The summed E-state index contributed by atoms with van der Waals surface area (Å²) in [6.07, 6.45) is 1.25. The highest BCUT2D eigenvalue weighted by atomic mass is 16.6. The summed E-state index contributed by atoms with van der Waals surface area (Å²) in [5, 5.41) is 0. The van der Waals surface area contributed by atoms with Crippen LogP contribution in [0.1, 0.15) is 40.5 Å². The van der Waals surface area contributed by atoms with Gasteiger partial charge in [-0.05, 0) is 5.92 Å². The van der Waals surface area contributed by atoms with Gasteiger partial charge in [-0.2, -0.15) is 0 Å². The number of rotatable bonds is 4. The first-order chi connectivity index (χ1) is 5.97. The minimum absolute atomic E-state index is 0.235. The molecule has 1 unspecified atom stereocenters. The van der Waals surface area contributed by atoms with Crippen molar-refractivity contribution in [1.29, 1.82) is 0 Å². The van der Waals surface area contributed by atoms with Crippen molar-refractivity contribution in [3.63, 3.8) is 0 Å². The molecule has 3 heteroatoms. The molecule has 0 bridgehead atoms. The molecule has 13 heavy (non-hydrogen) atoms. The summed E-state index contributed by atoms with van der Waals surface area (Å²) < 4.78 is 4.61. The molecule has 0 aromatic carbocycles. The molecule has 3 nitrogen and oxygen atoms in total. The molecule has 0 spiro atoms. The smallest absolute Gasteiger partial charge is 0.316 e. The van der Waals surface area contributed by atoms with Gasteiger partial charge in [0.1, 0.15) is 0 Å². The molecule has 76 valence electrons. The zero-order chi connectivity index (χ0) is 10.4. The first-order valence-corrected chi connectivity index (χ1v) is 4.71. The van der Waals surface area contributed by atoms with Gasteiger partial charge in [-0.1, -0.05) is 34.1 Å². The predicted octanol–water partition coefficient (Wildman–Crippen LogP) is 2.15. The summed E-state index contributed by atoms with van der Waals surface area (Å²) >= 11 is 0. The number of hydrogen-bond donors (Lipinski definition) is 0. The van der Waals surface area contributed by atoms with Crippen LogP contribution in [0, 0.1) is 11.8 Å². The quantitative estimate of drug-likeness (QED) is 0.499. The molecule has 0 amide bonds. The molecule has 0 saturated carbocycles. The number of carbonyl (C=O) groups is 2. The second-order valence-corrected chi connectivity index (χ2v) is 3.67. The molecule has 0 aliphatic heterocycles. The average molecular weight is 186 g/mol. The van der Waals surface area contributed by atoms with Gasteiger partial charge in [-0.3, -0.25) is 9.59 Å². The molecule has 0 aromatic heterocycles. The van der Waals surface area contributed by atoms with Crippen LogP contribution in [0.2, 0.25) is 0 Å². The van der Waals surface area contributed by atoms with E-state index in [0.29, 0.717) is 6.42 Å². The Morgan fingerprint density at radius 2 is 1.77 bits per heavy atom. The van der Waals surface area contributed by atoms with E-state index < -0.39 is 11.9 Å². The Bertz CT molecular complexity index is 185. The van der Waals surface area contributed by atoms with Gasteiger partial charge in [0.15, 0.2) is 0 Å². The van der Waals surface area contributed by atoms with Crippen LogP contribution in [0.25, 0.3) is 0 Å². The van der Waals surface area contributed by atoms with Crippen molar-refractivity contribution in [2.24, 2.45) is 11.8 Å². The minimum Gasteiger partial charge on any atom is -0.393 e. The van der Waals surface area contributed by atoms with Gasteiger partial charge in [-0.25, -0.2) is 0 Å². The van der Waals surface area contributed by atoms with Crippen LogP contribution in [-0.2, 0) is 14.3 Å². The number of carbonyl (C=O) groups excluding carboxylic acids is 2. The molecular weight excluding hydrogens is 168 g/mol. The predicted molar refractivity (Wildman–Crippen MR) is 50.0 cm³/mol. The monoisotopic (exact) mass is 186 g/mol. The van der Waals surface area contributed by atoms with Gasteiger partial charge in [0.05, 0.1) is 5.92 Å². The first-order valence-electron chi connectivity index (χ1n) is 4.71. The first kappa shape index (κ1) is 12.1. The van der Waals surface area contributed by atoms with Crippen molar-refractivity contribution in [2.45, 2.75) is 40.5 Å². The van der Waals surface area contributed by atoms with Gasteiger partial charge >= 0.3 is 11.9 Å². The van der Waals surface area contributed by atoms with Crippen molar-refractivity contribution in [1.82, 2.24) is 0 Å². The lowest BCUT2D eigenvalue weighted by Crippen LogP contribution is -2.18. The Hall–Kier alpha value is -0.860. The third-order valence-electron chi connectivity index (χ3n) is 1.90. The number of ether oxygens (including phenoxy) is 1. The molecule has 0 heterocycles. The van der Waals surface area contributed by atoms with E-state index >= 15 is 0 Å². The van der Waals surface area contributed by atoms with Gasteiger partial charge < -0.3 is 4.74 Å². The summed E-state index contributed by atoms with van der Waals surface area (Å²) in [4.78, 5) is 22.1.